The zero-order valence-electron chi connectivity index (χ0n) is 17.8. The average molecular weight is 490 g/mol. The maximum atomic E-state index is 13.1. The molecule has 13 heteroatoms. The topological polar surface area (TPSA) is 125 Å². The van der Waals surface area contributed by atoms with Crippen LogP contribution in [0.2, 0.25) is 0 Å². The number of nitrogens with one attached hydrogen (secondary N) is 1. The number of hydrogen-bond acceptors (Lipinski definition) is 10. The number of rotatable bonds is 5. The van der Waals surface area contributed by atoms with Crippen LogP contribution in [-0.4, -0.2) is 85.6 Å². The van der Waals surface area contributed by atoms with E-state index in [0.29, 0.717) is 50.0 Å². The number of thiophene rings is 1. The van der Waals surface area contributed by atoms with Gasteiger partial charge in [0.15, 0.2) is 11.6 Å². The number of nitrogens with zero attached hydrogens (tertiary/aromatic N) is 6. The lowest BCUT2D eigenvalue weighted by molar-refractivity contribution is 0.122. The standard InChI is InChI=1S/C20H23N7O4S2/c28-19-5-1-15(21-24-19)16-2-6-20(32-16)33(29,30)27-9-7-25(8-10-27)17-3-4-18(23-22-17)26-11-13-31-14-12-26/h1-6H,7-14H2,(H,24,28). The zero-order chi connectivity index (χ0) is 22.8. The second kappa shape index (κ2) is 9.17. The Labute approximate surface area is 194 Å². The highest BCUT2D eigenvalue weighted by atomic mass is 32.2. The average Bonchev–Trinajstić information content (AvgIpc) is 3.37. The summed E-state index contributed by atoms with van der Waals surface area (Å²) in [7, 11) is -3.61. The van der Waals surface area contributed by atoms with Crippen molar-refractivity contribution in [3.63, 3.8) is 0 Å². The zero-order valence-corrected chi connectivity index (χ0v) is 19.4. The minimum Gasteiger partial charge on any atom is -0.378 e. The molecular weight excluding hydrogens is 466 g/mol. The van der Waals surface area contributed by atoms with E-state index in [1.807, 2.05) is 17.0 Å². The Hall–Kier alpha value is -2.87. The highest BCUT2D eigenvalue weighted by Gasteiger charge is 2.30. The molecule has 0 aromatic carbocycles. The summed E-state index contributed by atoms with van der Waals surface area (Å²) in [5.74, 6) is 1.57. The Morgan fingerprint density at radius 3 is 2.12 bits per heavy atom. The van der Waals surface area contributed by atoms with Gasteiger partial charge in [-0.3, -0.25) is 4.79 Å². The molecule has 2 fully saturated rings. The molecule has 0 bridgehead atoms. The molecule has 0 atom stereocenters. The minimum absolute atomic E-state index is 0.258. The predicted octanol–water partition coefficient (Wildman–Crippen LogP) is 0.636. The third kappa shape index (κ3) is 4.62. The van der Waals surface area contributed by atoms with Gasteiger partial charge in [-0.25, -0.2) is 13.5 Å². The summed E-state index contributed by atoms with van der Waals surface area (Å²) in [6, 6.07) is 10.1. The number of ether oxygens (including phenoxy) is 1. The van der Waals surface area contributed by atoms with Crippen LogP contribution in [0.25, 0.3) is 10.6 Å². The Morgan fingerprint density at radius 2 is 1.52 bits per heavy atom. The van der Waals surface area contributed by atoms with Crippen molar-refractivity contribution in [1.82, 2.24) is 24.7 Å². The van der Waals surface area contributed by atoms with E-state index in [1.54, 1.807) is 18.2 Å². The molecule has 0 radical (unpaired) electrons. The molecule has 0 aliphatic carbocycles. The molecule has 2 saturated heterocycles. The lowest BCUT2D eigenvalue weighted by Gasteiger charge is -2.34. The van der Waals surface area contributed by atoms with Gasteiger partial charge in [0.25, 0.3) is 15.6 Å². The Bertz CT molecular complexity index is 1240. The van der Waals surface area contributed by atoms with Crippen LogP contribution in [0.3, 0.4) is 0 Å². The Morgan fingerprint density at radius 1 is 0.848 bits per heavy atom. The molecule has 0 amide bonds. The molecule has 0 saturated carbocycles. The molecule has 2 aliphatic rings. The third-order valence-electron chi connectivity index (χ3n) is 5.64. The third-order valence-corrected chi connectivity index (χ3v) is 9.11. The van der Waals surface area contributed by atoms with Crippen LogP contribution in [0.4, 0.5) is 11.6 Å². The van der Waals surface area contributed by atoms with Crippen molar-refractivity contribution in [2.45, 2.75) is 4.21 Å². The molecule has 0 unspecified atom stereocenters. The molecule has 3 aromatic rings. The summed E-state index contributed by atoms with van der Waals surface area (Å²) in [6.45, 7) is 4.76. The van der Waals surface area contributed by atoms with Gasteiger partial charge in [0.1, 0.15) is 9.90 Å². The van der Waals surface area contributed by atoms with Crippen molar-refractivity contribution in [3.05, 3.63) is 46.8 Å². The van der Waals surface area contributed by atoms with Crippen molar-refractivity contribution in [3.8, 4) is 10.6 Å². The molecule has 2 aliphatic heterocycles. The monoisotopic (exact) mass is 489 g/mol. The maximum Gasteiger partial charge on any atom is 0.264 e. The largest absolute Gasteiger partial charge is 0.378 e. The van der Waals surface area contributed by atoms with E-state index in [1.165, 1.54) is 10.4 Å². The first-order valence-corrected chi connectivity index (χ1v) is 12.8. The normalized spacial score (nSPS) is 17.9. The van der Waals surface area contributed by atoms with Crippen molar-refractivity contribution < 1.29 is 13.2 Å². The number of H-pyrrole nitrogens is 1. The SMILES string of the molecule is O=c1ccc(-c2ccc(S(=O)(=O)N3CCN(c4ccc(N5CCOCC5)nn4)CC3)s2)n[nH]1. The van der Waals surface area contributed by atoms with Gasteiger partial charge in [0, 0.05) is 45.3 Å². The summed E-state index contributed by atoms with van der Waals surface area (Å²) in [4.78, 5) is 16.1. The summed E-state index contributed by atoms with van der Waals surface area (Å²) in [6.07, 6.45) is 0. The molecule has 0 spiro atoms. The van der Waals surface area contributed by atoms with Gasteiger partial charge in [-0.1, -0.05) is 0 Å². The van der Waals surface area contributed by atoms with Crippen molar-refractivity contribution in [2.24, 2.45) is 0 Å². The lowest BCUT2D eigenvalue weighted by Crippen LogP contribution is -2.48. The molecule has 5 rings (SSSR count). The lowest BCUT2D eigenvalue weighted by atomic mass is 10.3. The van der Waals surface area contributed by atoms with E-state index >= 15 is 0 Å². The fourth-order valence-electron chi connectivity index (χ4n) is 3.81. The van der Waals surface area contributed by atoms with Gasteiger partial charge in [-0.2, -0.15) is 9.40 Å². The molecular formula is C20H23N7O4S2. The molecule has 174 valence electrons. The fourth-order valence-corrected chi connectivity index (χ4v) is 6.66. The molecule has 1 N–H and O–H groups in total. The van der Waals surface area contributed by atoms with Crippen LogP contribution in [0.15, 0.2) is 45.4 Å². The van der Waals surface area contributed by atoms with Gasteiger partial charge in [-0.05, 0) is 30.3 Å². The van der Waals surface area contributed by atoms with Gasteiger partial charge >= 0.3 is 0 Å². The van der Waals surface area contributed by atoms with Crippen LogP contribution in [0.1, 0.15) is 0 Å². The second-order valence-corrected chi connectivity index (χ2v) is 10.9. The summed E-state index contributed by atoms with van der Waals surface area (Å²) < 4.78 is 33.4. The Kier molecular flexibility index (Phi) is 6.10. The number of sulfonamides is 1. The number of hydrogen-bond donors (Lipinski definition) is 1. The summed E-state index contributed by atoms with van der Waals surface area (Å²) >= 11 is 1.14. The number of piperazine rings is 1. The van der Waals surface area contributed by atoms with E-state index in [2.05, 4.69) is 25.3 Å². The molecule has 5 heterocycles. The van der Waals surface area contributed by atoms with Crippen LogP contribution in [0.5, 0.6) is 0 Å². The van der Waals surface area contributed by atoms with E-state index in [0.717, 1.165) is 36.1 Å². The van der Waals surface area contributed by atoms with Gasteiger partial charge in [-0.15, -0.1) is 21.5 Å². The van der Waals surface area contributed by atoms with Crippen LogP contribution in [0, 0.1) is 0 Å². The smallest absolute Gasteiger partial charge is 0.264 e. The Balaban J connectivity index is 1.23. The predicted molar refractivity (Wildman–Crippen MR) is 124 cm³/mol. The molecule has 11 nitrogen and oxygen atoms in total. The summed E-state index contributed by atoms with van der Waals surface area (Å²) in [5, 5.41) is 15.1. The first-order valence-electron chi connectivity index (χ1n) is 10.6. The van der Waals surface area contributed by atoms with E-state index in [4.69, 9.17) is 4.74 Å². The highest BCUT2D eigenvalue weighted by molar-refractivity contribution is 7.91. The van der Waals surface area contributed by atoms with Crippen molar-refractivity contribution >= 4 is 33.0 Å². The van der Waals surface area contributed by atoms with Crippen LogP contribution in [-0.2, 0) is 14.8 Å². The maximum absolute atomic E-state index is 13.1. The number of aromatic amines is 1. The second-order valence-electron chi connectivity index (χ2n) is 7.67. The van der Waals surface area contributed by atoms with Gasteiger partial charge in [0.2, 0.25) is 0 Å². The fraction of sp³-hybridized carbons (Fsp3) is 0.400. The quantitative estimate of drug-likeness (QED) is 0.549. The first-order chi connectivity index (χ1) is 16.0. The first kappa shape index (κ1) is 21.9. The van der Waals surface area contributed by atoms with Crippen LogP contribution < -0.4 is 15.4 Å². The van der Waals surface area contributed by atoms with E-state index in [9.17, 15) is 13.2 Å². The van der Waals surface area contributed by atoms with E-state index < -0.39 is 10.0 Å². The van der Waals surface area contributed by atoms with Gasteiger partial charge < -0.3 is 14.5 Å². The molecule has 3 aromatic heterocycles. The number of morpholine rings is 1. The van der Waals surface area contributed by atoms with E-state index in [-0.39, 0.29) is 9.77 Å². The van der Waals surface area contributed by atoms with Crippen LogP contribution >= 0.6 is 11.3 Å². The number of anilines is 2. The summed E-state index contributed by atoms with van der Waals surface area (Å²) in [5.41, 5.74) is 0.228. The van der Waals surface area contributed by atoms with Crippen molar-refractivity contribution in [1.29, 1.82) is 0 Å². The molecule has 33 heavy (non-hydrogen) atoms. The highest BCUT2D eigenvalue weighted by Crippen LogP contribution is 2.31. The minimum atomic E-state index is -3.61. The van der Waals surface area contributed by atoms with Crippen molar-refractivity contribution in [2.75, 3.05) is 62.3 Å². The number of aromatic nitrogens is 4. The van der Waals surface area contributed by atoms with Gasteiger partial charge in [0.05, 0.1) is 18.1 Å².